The molecule has 1 nitrogen and oxygen atoms in total. The van der Waals surface area contributed by atoms with Gasteiger partial charge in [-0.3, -0.25) is 0 Å². The number of hydrogen-bond donors (Lipinski definition) is 0. The van der Waals surface area contributed by atoms with Crippen molar-refractivity contribution in [3.05, 3.63) is 35.9 Å². The van der Waals surface area contributed by atoms with E-state index >= 15 is 0 Å². The van der Waals surface area contributed by atoms with Gasteiger partial charge in [0.15, 0.2) is 5.05 Å². The third-order valence-electron chi connectivity index (χ3n) is 2.51. The zero-order chi connectivity index (χ0) is 9.80. The van der Waals surface area contributed by atoms with Crippen molar-refractivity contribution in [2.75, 3.05) is 0 Å². The van der Waals surface area contributed by atoms with Crippen LogP contribution in [0.5, 0.6) is 0 Å². The highest BCUT2D eigenvalue weighted by Crippen LogP contribution is 2.18. The molecule has 0 saturated carbocycles. The van der Waals surface area contributed by atoms with Crippen LogP contribution in [0, 0.1) is 0 Å². The Morgan fingerprint density at radius 2 is 2.07 bits per heavy atom. The molecule has 0 radical (unpaired) electrons. The molecule has 1 aliphatic rings. The van der Waals surface area contributed by atoms with Gasteiger partial charge in [0.25, 0.3) is 0 Å². The number of hydrogen-bond acceptors (Lipinski definition) is 2. The van der Waals surface area contributed by atoms with Crippen molar-refractivity contribution in [3.8, 4) is 0 Å². The first-order chi connectivity index (χ1) is 6.84. The van der Waals surface area contributed by atoms with E-state index in [1.807, 2.05) is 6.07 Å². The van der Waals surface area contributed by atoms with Crippen LogP contribution < -0.4 is 0 Å². The second-order valence-corrected chi connectivity index (χ2v) is 4.15. The maximum Gasteiger partial charge on any atom is 0.160 e. The second kappa shape index (κ2) is 4.56. The van der Waals surface area contributed by atoms with Crippen LogP contribution in [0.4, 0.5) is 0 Å². The van der Waals surface area contributed by atoms with Crippen molar-refractivity contribution in [2.24, 2.45) is 0 Å². The van der Waals surface area contributed by atoms with Gasteiger partial charge in [0.05, 0.1) is 0 Å². The lowest BCUT2D eigenvalue weighted by atomic mass is 10.0. The van der Waals surface area contributed by atoms with Gasteiger partial charge in [0.2, 0.25) is 0 Å². The molecule has 1 aliphatic heterocycles. The molecule has 1 heterocycles. The summed E-state index contributed by atoms with van der Waals surface area (Å²) in [7, 11) is 0. The second-order valence-electron chi connectivity index (χ2n) is 3.69. The predicted molar refractivity (Wildman–Crippen MR) is 61.5 cm³/mol. The van der Waals surface area contributed by atoms with Gasteiger partial charge >= 0.3 is 0 Å². The van der Waals surface area contributed by atoms with Crippen molar-refractivity contribution in [1.82, 2.24) is 0 Å². The number of thiocarbonyl (C=S) groups is 1. The van der Waals surface area contributed by atoms with Crippen molar-refractivity contribution >= 4 is 17.3 Å². The van der Waals surface area contributed by atoms with E-state index in [1.165, 1.54) is 12.0 Å². The molecule has 14 heavy (non-hydrogen) atoms. The summed E-state index contributed by atoms with van der Waals surface area (Å²) in [4.78, 5) is 0. The summed E-state index contributed by atoms with van der Waals surface area (Å²) in [6, 6.07) is 10.4. The molecular weight excluding hydrogens is 192 g/mol. The summed E-state index contributed by atoms with van der Waals surface area (Å²) in [5.41, 5.74) is 1.34. The fraction of sp³-hybridized carbons (Fsp3) is 0.417. The molecule has 0 N–H and O–H groups in total. The molecule has 0 amide bonds. The first kappa shape index (κ1) is 9.66. The maximum atomic E-state index is 5.62. The molecule has 2 heteroatoms. The Morgan fingerprint density at radius 3 is 2.79 bits per heavy atom. The molecule has 0 spiro atoms. The summed E-state index contributed by atoms with van der Waals surface area (Å²) >= 11 is 5.08. The normalized spacial score (nSPS) is 21.7. The number of rotatable bonds is 2. The summed E-state index contributed by atoms with van der Waals surface area (Å²) in [6.45, 7) is 0. The molecule has 1 fully saturated rings. The van der Waals surface area contributed by atoms with Gasteiger partial charge in [-0.25, -0.2) is 0 Å². The van der Waals surface area contributed by atoms with Crippen LogP contribution in [-0.2, 0) is 11.2 Å². The summed E-state index contributed by atoms with van der Waals surface area (Å²) in [6.07, 6.45) is 4.56. The first-order valence-electron chi connectivity index (χ1n) is 5.08. The Kier molecular flexibility index (Phi) is 3.14. The lowest BCUT2D eigenvalue weighted by Crippen LogP contribution is -2.24. The number of ether oxygens (including phenoxy) is 1. The van der Waals surface area contributed by atoms with Gasteiger partial charge in [0, 0.05) is 12.8 Å². The van der Waals surface area contributed by atoms with Gasteiger partial charge in [-0.2, -0.15) is 0 Å². The van der Waals surface area contributed by atoms with E-state index in [2.05, 4.69) is 24.3 Å². The first-order valence-corrected chi connectivity index (χ1v) is 5.49. The van der Waals surface area contributed by atoms with E-state index in [9.17, 15) is 0 Å². The summed E-state index contributed by atoms with van der Waals surface area (Å²) < 4.78 is 5.62. The van der Waals surface area contributed by atoms with Crippen LogP contribution in [0.2, 0.25) is 0 Å². The fourth-order valence-corrected chi connectivity index (χ4v) is 2.08. The van der Waals surface area contributed by atoms with E-state index in [-0.39, 0.29) is 0 Å². The third-order valence-corrected chi connectivity index (χ3v) is 2.81. The molecule has 0 aromatic heterocycles. The smallest absolute Gasteiger partial charge is 0.160 e. The topological polar surface area (TPSA) is 9.23 Å². The van der Waals surface area contributed by atoms with E-state index in [0.29, 0.717) is 6.10 Å². The van der Waals surface area contributed by atoms with E-state index in [4.69, 9.17) is 17.0 Å². The zero-order valence-corrected chi connectivity index (χ0v) is 8.93. The Bertz CT molecular complexity index is 307. The molecule has 1 aromatic carbocycles. The lowest BCUT2D eigenvalue weighted by Gasteiger charge is -2.24. The van der Waals surface area contributed by atoms with Crippen LogP contribution >= 0.6 is 12.2 Å². The highest BCUT2D eigenvalue weighted by molar-refractivity contribution is 7.80. The Balaban J connectivity index is 1.94. The van der Waals surface area contributed by atoms with Crippen LogP contribution in [0.1, 0.15) is 24.8 Å². The Morgan fingerprint density at radius 1 is 1.29 bits per heavy atom. The predicted octanol–water partition coefficient (Wildman–Crippen LogP) is 3.13. The van der Waals surface area contributed by atoms with Gasteiger partial charge in [-0.05, 0) is 30.6 Å². The molecule has 1 saturated heterocycles. The Hall–Kier alpha value is -0.890. The van der Waals surface area contributed by atoms with Gasteiger partial charge < -0.3 is 4.74 Å². The zero-order valence-electron chi connectivity index (χ0n) is 8.11. The lowest BCUT2D eigenvalue weighted by molar-refractivity contribution is 0.156. The van der Waals surface area contributed by atoms with E-state index < -0.39 is 0 Å². The quantitative estimate of drug-likeness (QED) is 0.688. The molecular formula is C12H14OS. The maximum absolute atomic E-state index is 5.62. The minimum atomic E-state index is 0.304. The minimum Gasteiger partial charge on any atom is -0.484 e. The highest BCUT2D eigenvalue weighted by atomic mass is 32.1. The largest absolute Gasteiger partial charge is 0.484 e. The van der Waals surface area contributed by atoms with Gasteiger partial charge in [0.1, 0.15) is 6.10 Å². The average molecular weight is 206 g/mol. The van der Waals surface area contributed by atoms with Crippen LogP contribution in [0.25, 0.3) is 0 Å². The van der Waals surface area contributed by atoms with Crippen molar-refractivity contribution in [1.29, 1.82) is 0 Å². The van der Waals surface area contributed by atoms with Gasteiger partial charge in [-0.15, -0.1) is 0 Å². The van der Waals surface area contributed by atoms with Crippen molar-refractivity contribution in [2.45, 2.75) is 31.8 Å². The third kappa shape index (κ3) is 2.55. The van der Waals surface area contributed by atoms with Crippen LogP contribution in [0.15, 0.2) is 30.3 Å². The molecule has 1 atom stereocenters. The Labute approximate surface area is 90.1 Å². The molecule has 74 valence electrons. The number of benzene rings is 1. The SMILES string of the molecule is S=C1CCCC(Cc2ccccc2)O1. The molecule has 0 bridgehead atoms. The average Bonchev–Trinajstić information content (AvgIpc) is 2.19. The van der Waals surface area contributed by atoms with Gasteiger partial charge in [-0.1, -0.05) is 30.3 Å². The van der Waals surface area contributed by atoms with E-state index in [1.54, 1.807) is 0 Å². The molecule has 2 rings (SSSR count). The monoisotopic (exact) mass is 206 g/mol. The summed E-state index contributed by atoms with van der Waals surface area (Å²) in [5, 5.41) is 0.789. The highest BCUT2D eigenvalue weighted by Gasteiger charge is 2.17. The fourth-order valence-electron chi connectivity index (χ4n) is 1.80. The molecule has 1 aromatic rings. The summed E-state index contributed by atoms with van der Waals surface area (Å²) in [5.74, 6) is 0. The minimum absolute atomic E-state index is 0.304. The van der Waals surface area contributed by atoms with Crippen molar-refractivity contribution in [3.63, 3.8) is 0 Å². The standard InChI is InChI=1S/C12H14OS/c14-12-8-4-7-11(13-12)9-10-5-2-1-3-6-10/h1-3,5-6,11H,4,7-9H2. The van der Waals surface area contributed by atoms with Crippen LogP contribution in [-0.4, -0.2) is 11.2 Å². The van der Waals surface area contributed by atoms with Crippen LogP contribution in [0.3, 0.4) is 0 Å². The van der Waals surface area contributed by atoms with Crippen molar-refractivity contribution < 1.29 is 4.74 Å². The molecule has 1 unspecified atom stereocenters. The molecule has 0 aliphatic carbocycles. The van der Waals surface area contributed by atoms with E-state index in [0.717, 1.165) is 24.3 Å².